The molecule has 2 rings (SSSR count). The number of fused-ring (bicyclic) bond motifs is 1. The number of hydrogen-bond acceptors (Lipinski definition) is 6. The molecule has 0 radical (unpaired) electrons. The maximum Gasteiger partial charge on any atom is 0.410 e. The molecule has 2 atom stereocenters. The highest BCUT2D eigenvalue weighted by Crippen LogP contribution is 2.45. The number of alkyl halides is 1. The lowest BCUT2D eigenvalue weighted by Crippen LogP contribution is -2.42. The van der Waals surface area contributed by atoms with E-state index in [1.165, 1.54) is 4.90 Å². The van der Waals surface area contributed by atoms with Crippen LogP contribution in [-0.4, -0.2) is 61.6 Å². The van der Waals surface area contributed by atoms with Gasteiger partial charge in [-0.25, -0.2) is 13.2 Å². The van der Waals surface area contributed by atoms with Gasteiger partial charge in [0.2, 0.25) is 0 Å². The first-order valence-electron chi connectivity index (χ1n) is 6.91. The fourth-order valence-electron chi connectivity index (χ4n) is 3.06. The Morgan fingerprint density at radius 3 is 2.55 bits per heavy atom. The Labute approximate surface area is 134 Å². The molecule has 2 fully saturated rings. The number of sulfone groups is 1. The normalized spacial score (nSPS) is 30.0. The highest BCUT2D eigenvalue weighted by molar-refractivity contribution is 7.91. The largest absolute Gasteiger partial charge is 0.449 e. The van der Waals surface area contributed by atoms with Crippen molar-refractivity contribution >= 4 is 33.5 Å². The Bertz CT molecular complexity index is 584. The van der Waals surface area contributed by atoms with Gasteiger partial charge in [0.1, 0.15) is 11.0 Å². The fourth-order valence-corrected chi connectivity index (χ4v) is 5.54. The third kappa shape index (κ3) is 3.32. The van der Waals surface area contributed by atoms with Crippen LogP contribution in [0, 0.1) is 11.3 Å². The molecule has 7 nitrogen and oxygen atoms in total. The lowest BCUT2D eigenvalue weighted by atomic mass is 9.81. The summed E-state index contributed by atoms with van der Waals surface area (Å²) in [5.74, 6) is -1.61. The minimum absolute atomic E-state index is 0.0263. The molecule has 0 spiro atoms. The number of carbonyl (C=O) groups is 2. The molecule has 0 bridgehead atoms. The van der Waals surface area contributed by atoms with E-state index >= 15 is 0 Å². The van der Waals surface area contributed by atoms with E-state index in [0.29, 0.717) is 0 Å². The van der Waals surface area contributed by atoms with Gasteiger partial charge in [0.05, 0.1) is 11.5 Å². The molecule has 2 saturated heterocycles. The lowest BCUT2D eigenvalue weighted by molar-refractivity contribution is -0.153. The zero-order valence-corrected chi connectivity index (χ0v) is 14.4. The lowest BCUT2D eigenvalue weighted by Gasteiger charge is -2.26. The van der Waals surface area contributed by atoms with Crippen molar-refractivity contribution in [2.45, 2.75) is 26.4 Å². The summed E-state index contributed by atoms with van der Waals surface area (Å²) in [7, 11) is -3.33. The van der Waals surface area contributed by atoms with E-state index < -0.39 is 38.8 Å². The van der Waals surface area contributed by atoms with Crippen LogP contribution in [0.2, 0.25) is 0 Å². The second-order valence-corrected chi connectivity index (χ2v) is 9.14. The van der Waals surface area contributed by atoms with E-state index in [1.54, 1.807) is 20.8 Å². The Kier molecular flexibility index (Phi) is 4.38. The van der Waals surface area contributed by atoms with Crippen LogP contribution in [-0.2, 0) is 24.1 Å². The number of carbonyl (C=O) groups excluding carboxylic acids is 2. The highest BCUT2D eigenvalue weighted by Gasteiger charge is 2.62. The Morgan fingerprint density at radius 1 is 1.36 bits per heavy atom. The van der Waals surface area contributed by atoms with Crippen LogP contribution in [0.1, 0.15) is 20.8 Å². The maximum absolute atomic E-state index is 12.2. The molecule has 0 aromatic rings. The molecule has 2 aliphatic heterocycles. The molecule has 9 heteroatoms. The van der Waals surface area contributed by atoms with Crippen molar-refractivity contribution in [3.05, 3.63) is 0 Å². The van der Waals surface area contributed by atoms with Gasteiger partial charge in [-0.2, -0.15) is 0 Å². The summed E-state index contributed by atoms with van der Waals surface area (Å²) in [6.07, 6.45) is -0.558. The molecule has 0 N–H and O–H groups in total. The molecule has 1 amide bonds. The molecule has 126 valence electrons. The van der Waals surface area contributed by atoms with E-state index in [2.05, 4.69) is 0 Å². The topological polar surface area (TPSA) is 90.0 Å². The summed E-state index contributed by atoms with van der Waals surface area (Å²) in [6, 6.07) is -0.347. The van der Waals surface area contributed by atoms with Crippen LogP contribution in [0.3, 0.4) is 0 Å². The third-order valence-electron chi connectivity index (χ3n) is 3.87. The van der Waals surface area contributed by atoms with Gasteiger partial charge < -0.3 is 14.4 Å². The van der Waals surface area contributed by atoms with Crippen LogP contribution < -0.4 is 0 Å². The van der Waals surface area contributed by atoms with Crippen LogP contribution in [0.5, 0.6) is 0 Å². The van der Waals surface area contributed by atoms with E-state index in [4.69, 9.17) is 21.1 Å². The van der Waals surface area contributed by atoms with E-state index in [9.17, 15) is 18.0 Å². The van der Waals surface area contributed by atoms with E-state index in [1.807, 2.05) is 0 Å². The third-order valence-corrected chi connectivity index (χ3v) is 5.85. The zero-order valence-electron chi connectivity index (χ0n) is 12.8. The molecule has 0 unspecified atom stereocenters. The SMILES string of the molecule is CC(C)(C)OC(=O)N1C[C@@H]2CS(=O)(=O)C[C@]2(C(=O)OCCl)C1. The van der Waals surface area contributed by atoms with Crippen LogP contribution in [0.4, 0.5) is 4.79 Å². The molecule has 0 aromatic carbocycles. The summed E-state index contributed by atoms with van der Waals surface area (Å²) >= 11 is 5.42. The minimum atomic E-state index is -3.33. The first kappa shape index (κ1) is 17.3. The molecule has 22 heavy (non-hydrogen) atoms. The summed E-state index contributed by atoms with van der Waals surface area (Å²) in [5, 5.41) is 0. The van der Waals surface area contributed by atoms with Crippen molar-refractivity contribution in [3.63, 3.8) is 0 Å². The minimum Gasteiger partial charge on any atom is -0.449 e. The van der Waals surface area contributed by atoms with Crippen LogP contribution >= 0.6 is 11.6 Å². The van der Waals surface area contributed by atoms with Gasteiger partial charge in [0.25, 0.3) is 0 Å². The number of nitrogens with zero attached hydrogens (tertiary/aromatic N) is 1. The predicted molar refractivity (Wildman–Crippen MR) is 79.2 cm³/mol. The monoisotopic (exact) mass is 353 g/mol. The number of amides is 1. The number of likely N-dealkylation sites (tertiary alicyclic amines) is 1. The first-order valence-corrected chi connectivity index (χ1v) is 9.26. The smallest absolute Gasteiger partial charge is 0.410 e. The van der Waals surface area contributed by atoms with Gasteiger partial charge in [-0.1, -0.05) is 11.6 Å². The Morgan fingerprint density at radius 2 is 2.00 bits per heavy atom. The van der Waals surface area contributed by atoms with Crippen molar-refractivity contribution < 1.29 is 27.5 Å². The molecule has 2 aliphatic rings. The first-order chi connectivity index (χ1) is 9.99. The quantitative estimate of drug-likeness (QED) is 0.543. The highest BCUT2D eigenvalue weighted by atomic mass is 35.5. The summed E-state index contributed by atoms with van der Waals surface area (Å²) in [5.41, 5.74) is -1.89. The van der Waals surface area contributed by atoms with Crippen molar-refractivity contribution in [2.75, 3.05) is 30.7 Å². The summed E-state index contributed by atoms with van der Waals surface area (Å²) in [4.78, 5) is 25.8. The van der Waals surface area contributed by atoms with Crippen LogP contribution in [0.25, 0.3) is 0 Å². The molecular weight excluding hydrogens is 334 g/mol. The van der Waals surface area contributed by atoms with Crippen molar-refractivity contribution in [3.8, 4) is 0 Å². The fraction of sp³-hybridized carbons (Fsp3) is 0.846. The van der Waals surface area contributed by atoms with Gasteiger partial charge >= 0.3 is 12.1 Å². The Hall–Kier alpha value is -1.02. The molecule has 0 saturated carbocycles. The average Bonchev–Trinajstić information content (AvgIpc) is 2.77. The second-order valence-electron chi connectivity index (χ2n) is 6.81. The summed E-state index contributed by atoms with van der Waals surface area (Å²) < 4.78 is 33.9. The summed E-state index contributed by atoms with van der Waals surface area (Å²) in [6.45, 7) is 5.35. The predicted octanol–water partition coefficient (Wildman–Crippen LogP) is 1.01. The standard InChI is InChI=1S/C13H20ClNO6S/c1-12(2,3)21-11(17)15-4-9-5-22(18,19)7-13(9,6-15)10(16)20-8-14/h9H,4-8H2,1-3H3/t9-,13-/m1/s1. The van der Waals surface area contributed by atoms with Gasteiger partial charge in [-0.3, -0.25) is 4.79 Å². The van der Waals surface area contributed by atoms with Gasteiger partial charge in [0.15, 0.2) is 15.9 Å². The number of hydrogen-bond donors (Lipinski definition) is 0. The molecule has 0 aromatic heterocycles. The van der Waals surface area contributed by atoms with E-state index in [0.717, 1.165) is 0 Å². The molecule has 0 aliphatic carbocycles. The average molecular weight is 354 g/mol. The van der Waals surface area contributed by atoms with Gasteiger partial charge in [-0.15, -0.1) is 0 Å². The number of esters is 1. The second kappa shape index (κ2) is 5.56. The van der Waals surface area contributed by atoms with Crippen molar-refractivity contribution in [2.24, 2.45) is 11.3 Å². The van der Waals surface area contributed by atoms with Crippen molar-refractivity contribution in [1.82, 2.24) is 4.90 Å². The van der Waals surface area contributed by atoms with Gasteiger partial charge in [-0.05, 0) is 20.8 Å². The Balaban J connectivity index is 2.22. The van der Waals surface area contributed by atoms with Crippen LogP contribution in [0.15, 0.2) is 0 Å². The van der Waals surface area contributed by atoms with Crippen molar-refractivity contribution in [1.29, 1.82) is 0 Å². The zero-order chi connectivity index (χ0) is 16.8. The van der Waals surface area contributed by atoms with Gasteiger partial charge in [0, 0.05) is 19.0 Å². The number of rotatable bonds is 2. The van der Waals surface area contributed by atoms with E-state index in [-0.39, 0.29) is 30.7 Å². The molecular formula is C13H20ClNO6S. The number of ether oxygens (including phenoxy) is 2. The maximum atomic E-state index is 12.2. The number of halogens is 1. The molecule has 2 heterocycles.